The van der Waals surface area contributed by atoms with E-state index in [4.69, 9.17) is 10.5 Å². The molecule has 1 aliphatic heterocycles. The average Bonchev–Trinajstić information content (AvgIpc) is 2.55. The zero-order chi connectivity index (χ0) is 14.7. The zero-order valence-corrected chi connectivity index (χ0v) is 11.4. The number of benzene rings is 1. The van der Waals surface area contributed by atoms with Gasteiger partial charge < -0.3 is 10.1 Å². The van der Waals surface area contributed by atoms with Crippen molar-refractivity contribution < 1.29 is 5.21 Å². The number of aromatic nitrogens is 1. The molecule has 1 aromatic carbocycles. The Balaban J connectivity index is 1.96. The summed E-state index contributed by atoms with van der Waals surface area (Å²) in [5.74, 6) is 0. The fraction of sp³-hybridized carbons (Fsp3) is 0.188. The molecule has 0 spiro atoms. The Morgan fingerprint density at radius 2 is 2.14 bits per heavy atom. The highest BCUT2D eigenvalue weighted by Gasteiger charge is 2.22. The third kappa shape index (κ3) is 2.43. The number of pyridine rings is 1. The van der Waals surface area contributed by atoms with Gasteiger partial charge in [0, 0.05) is 42.5 Å². The summed E-state index contributed by atoms with van der Waals surface area (Å²) in [6, 6.07) is 13.7. The minimum atomic E-state index is 0.455. The van der Waals surface area contributed by atoms with Gasteiger partial charge in [-0.25, -0.2) is 4.98 Å². The van der Waals surface area contributed by atoms with E-state index in [1.165, 1.54) is 0 Å². The molecular formula is C16H14N4O. The van der Waals surface area contributed by atoms with E-state index in [-0.39, 0.29) is 0 Å². The van der Waals surface area contributed by atoms with Gasteiger partial charge in [-0.05, 0) is 12.1 Å². The molecule has 3 rings (SSSR count). The number of anilines is 1. The first-order valence-electron chi connectivity index (χ1n) is 6.72. The smallest absolute Gasteiger partial charge is 0.145 e. The molecule has 0 atom stereocenters. The van der Waals surface area contributed by atoms with Crippen LogP contribution in [0.3, 0.4) is 0 Å². The second-order valence-electron chi connectivity index (χ2n) is 4.86. The lowest BCUT2D eigenvalue weighted by Crippen LogP contribution is -2.32. The van der Waals surface area contributed by atoms with E-state index in [2.05, 4.69) is 21.1 Å². The summed E-state index contributed by atoms with van der Waals surface area (Å²) in [5, 5.41) is 21.6. The molecule has 5 nitrogen and oxygen atoms in total. The summed E-state index contributed by atoms with van der Waals surface area (Å²) in [4.78, 5) is 6.28. The second-order valence-corrected chi connectivity index (χ2v) is 4.86. The Morgan fingerprint density at radius 3 is 2.95 bits per heavy atom. The Labute approximate surface area is 122 Å². The summed E-state index contributed by atoms with van der Waals surface area (Å²) >= 11 is 0. The molecule has 0 radical (unpaired) electrons. The van der Waals surface area contributed by atoms with Gasteiger partial charge in [-0.3, -0.25) is 0 Å². The first kappa shape index (κ1) is 13.1. The van der Waals surface area contributed by atoms with Crippen LogP contribution in [0.2, 0.25) is 0 Å². The molecule has 0 aliphatic carbocycles. The number of hydrogen-bond donors (Lipinski definition) is 1. The van der Waals surface area contributed by atoms with Crippen LogP contribution in [0.1, 0.15) is 23.2 Å². The van der Waals surface area contributed by atoms with Crippen molar-refractivity contribution in [1.29, 1.82) is 5.26 Å². The fourth-order valence-corrected chi connectivity index (χ4v) is 2.63. The summed E-state index contributed by atoms with van der Waals surface area (Å²) in [6.07, 6.45) is 2.30. The van der Waals surface area contributed by atoms with Crippen LogP contribution in [-0.4, -0.2) is 22.4 Å². The van der Waals surface area contributed by atoms with Gasteiger partial charge in [0.05, 0.1) is 5.71 Å². The monoisotopic (exact) mass is 278 g/mol. The molecule has 1 aliphatic rings. The van der Waals surface area contributed by atoms with Crippen molar-refractivity contribution in [1.82, 2.24) is 4.98 Å². The van der Waals surface area contributed by atoms with Crippen LogP contribution in [0.5, 0.6) is 0 Å². The Bertz CT molecular complexity index is 733. The number of oxime groups is 1. The Kier molecular flexibility index (Phi) is 3.52. The molecule has 1 aromatic heterocycles. The van der Waals surface area contributed by atoms with Crippen LogP contribution in [0.15, 0.2) is 47.8 Å². The van der Waals surface area contributed by atoms with Gasteiger partial charge in [0.15, 0.2) is 0 Å². The number of para-hydroxylation sites is 1. The van der Waals surface area contributed by atoms with Crippen molar-refractivity contribution >= 4 is 11.4 Å². The first-order valence-corrected chi connectivity index (χ1v) is 6.72. The van der Waals surface area contributed by atoms with Gasteiger partial charge in [0.2, 0.25) is 0 Å². The lowest BCUT2D eigenvalue weighted by atomic mass is 9.99. The number of rotatable bonds is 2. The highest BCUT2D eigenvalue weighted by molar-refractivity contribution is 6.06. The lowest BCUT2D eigenvalue weighted by molar-refractivity contribution is 0.317. The highest BCUT2D eigenvalue weighted by Crippen LogP contribution is 2.28. The molecule has 2 heterocycles. The van der Waals surface area contributed by atoms with Gasteiger partial charge in [-0.2, -0.15) is 5.26 Å². The van der Waals surface area contributed by atoms with Crippen molar-refractivity contribution in [3.63, 3.8) is 0 Å². The third-order valence-electron chi connectivity index (χ3n) is 3.65. The topological polar surface area (TPSA) is 72.5 Å². The van der Waals surface area contributed by atoms with E-state index in [0.717, 1.165) is 23.4 Å². The minimum Gasteiger partial charge on any atom is -0.411 e. The van der Waals surface area contributed by atoms with Crippen molar-refractivity contribution in [2.45, 2.75) is 13.0 Å². The number of nitriles is 1. The maximum absolute atomic E-state index is 9.14. The molecule has 0 amide bonds. The SMILES string of the molecule is N#Cc1ncccc1CN1CCC(=NO)c2ccccc21. The third-order valence-corrected chi connectivity index (χ3v) is 3.65. The predicted molar refractivity (Wildman–Crippen MR) is 79.4 cm³/mol. The van der Waals surface area contributed by atoms with Crippen LogP contribution < -0.4 is 4.90 Å². The second kappa shape index (κ2) is 5.63. The summed E-state index contributed by atoms with van der Waals surface area (Å²) in [7, 11) is 0. The van der Waals surface area contributed by atoms with Crippen molar-refractivity contribution in [3.8, 4) is 6.07 Å². The van der Waals surface area contributed by atoms with Crippen LogP contribution >= 0.6 is 0 Å². The molecule has 1 N–H and O–H groups in total. The van der Waals surface area contributed by atoms with E-state index in [1.807, 2.05) is 36.4 Å². The van der Waals surface area contributed by atoms with Gasteiger partial charge in [-0.15, -0.1) is 0 Å². The number of fused-ring (bicyclic) bond motifs is 1. The van der Waals surface area contributed by atoms with Crippen molar-refractivity contribution in [2.75, 3.05) is 11.4 Å². The Morgan fingerprint density at radius 1 is 1.29 bits per heavy atom. The van der Waals surface area contributed by atoms with E-state index in [1.54, 1.807) is 6.20 Å². The van der Waals surface area contributed by atoms with E-state index >= 15 is 0 Å². The van der Waals surface area contributed by atoms with Gasteiger partial charge in [-0.1, -0.05) is 29.4 Å². The quantitative estimate of drug-likeness (QED) is 0.677. The average molecular weight is 278 g/mol. The number of nitrogens with zero attached hydrogens (tertiary/aromatic N) is 4. The molecule has 0 saturated carbocycles. The van der Waals surface area contributed by atoms with E-state index in [0.29, 0.717) is 24.4 Å². The van der Waals surface area contributed by atoms with Gasteiger partial charge in [0.1, 0.15) is 11.8 Å². The lowest BCUT2D eigenvalue weighted by Gasteiger charge is -2.31. The zero-order valence-electron chi connectivity index (χ0n) is 11.4. The van der Waals surface area contributed by atoms with E-state index < -0.39 is 0 Å². The molecular weight excluding hydrogens is 264 g/mol. The van der Waals surface area contributed by atoms with Crippen LogP contribution in [0.4, 0.5) is 5.69 Å². The van der Waals surface area contributed by atoms with Crippen LogP contribution in [-0.2, 0) is 6.54 Å². The number of hydrogen-bond acceptors (Lipinski definition) is 5. The largest absolute Gasteiger partial charge is 0.411 e. The normalized spacial score (nSPS) is 15.6. The summed E-state index contributed by atoms with van der Waals surface area (Å²) in [6.45, 7) is 1.36. The van der Waals surface area contributed by atoms with E-state index in [9.17, 15) is 0 Å². The summed E-state index contributed by atoms with van der Waals surface area (Å²) in [5.41, 5.74) is 4.02. The molecule has 0 bridgehead atoms. The Hall–Kier alpha value is -2.87. The maximum atomic E-state index is 9.14. The molecule has 2 aromatic rings. The first-order chi connectivity index (χ1) is 10.3. The maximum Gasteiger partial charge on any atom is 0.145 e. The molecule has 0 fully saturated rings. The van der Waals surface area contributed by atoms with Gasteiger partial charge in [0.25, 0.3) is 0 Å². The van der Waals surface area contributed by atoms with Gasteiger partial charge >= 0.3 is 0 Å². The van der Waals surface area contributed by atoms with Crippen molar-refractivity contribution in [2.24, 2.45) is 5.16 Å². The van der Waals surface area contributed by atoms with Crippen LogP contribution in [0.25, 0.3) is 0 Å². The molecule has 0 saturated heterocycles. The standard InChI is InChI=1S/C16H14N4O/c17-10-15-12(4-3-8-18-15)11-20-9-7-14(19-21)13-5-1-2-6-16(13)20/h1-6,8,21H,7,9,11H2. The molecule has 104 valence electrons. The molecule has 0 unspecified atom stereocenters. The minimum absolute atomic E-state index is 0.455. The molecule has 21 heavy (non-hydrogen) atoms. The molecule has 5 heteroatoms. The fourth-order valence-electron chi connectivity index (χ4n) is 2.63. The summed E-state index contributed by atoms with van der Waals surface area (Å²) < 4.78 is 0. The predicted octanol–water partition coefficient (Wildman–Crippen LogP) is 2.54. The van der Waals surface area contributed by atoms with Crippen LogP contribution in [0, 0.1) is 11.3 Å². The van der Waals surface area contributed by atoms with Crippen molar-refractivity contribution in [3.05, 3.63) is 59.4 Å². The highest BCUT2D eigenvalue weighted by atomic mass is 16.4.